The molecular formula is C25H27N5O2. The van der Waals surface area contributed by atoms with Crippen LogP contribution in [0.2, 0.25) is 0 Å². The van der Waals surface area contributed by atoms with Crippen LogP contribution in [0.5, 0.6) is 0 Å². The van der Waals surface area contributed by atoms with E-state index in [1.807, 2.05) is 41.3 Å². The predicted molar refractivity (Wildman–Crippen MR) is 123 cm³/mol. The molecule has 0 spiro atoms. The van der Waals surface area contributed by atoms with Crippen LogP contribution in [0.4, 0.5) is 5.82 Å². The lowest BCUT2D eigenvalue weighted by Crippen LogP contribution is -2.49. The minimum Gasteiger partial charge on any atom is -0.340 e. The quantitative estimate of drug-likeness (QED) is 0.677. The number of carbonyl (C=O) groups excluding carboxylic acids is 2. The van der Waals surface area contributed by atoms with Crippen molar-refractivity contribution < 1.29 is 9.59 Å². The maximum atomic E-state index is 12.9. The molecule has 2 aromatic carbocycles. The van der Waals surface area contributed by atoms with Crippen LogP contribution in [0.15, 0.2) is 66.9 Å². The third-order valence-electron chi connectivity index (χ3n) is 6.32. The number of piperazine rings is 1. The first-order chi connectivity index (χ1) is 15.7. The van der Waals surface area contributed by atoms with E-state index in [4.69, 9.17) is 0 Å². The molecule has 0 saturated carbocycles. The van der Waals surface area contributed by atoms with E-state index < -0.39 is 5.92 Å². The molecule has 5 rings (SSSR count). The van der Waals surface area contributed by atoms with Crippen LogP contribution in [-0.4, -0.2) is 57.6 Å². The maximum absolute atomic E-state index is 12.9. The Bertz CT molecular complexity index is 1090. The van der Waals surface area contributed by atoms with Crippen LogP contribution in [0, 0.1) is 5.92 Å². The molecule has 7 heteroatoms. The molecule has 32 heavy (non-hydrogen) atoms. The zero-order chi connectivity index (χ0) is 21.9. The van der Waals surface area contributed by atoms with Gasteiger partial charge in [-0.2, -0.15) is 5.10 Å². The van der Waals surface area contributed by atoms with Crippen molar-refractivity contribution in [1.29, 1.82) is 0 Å². The van der Waals surface area contributed by atoms with Crippen molar-refractivity contribution in [3.05, 3.63) is 72.4 Å². The second kappa shape index (κ2) is 8.96. The summed E-state index contributed by atoms with van der Waals surface area (Å²) < 4.78 is 1.81. The number of hydrogen-bond acceptors (Lipinski definition) is 4. The maximum Gasteiger partial charge on any atom is 0.231 e. The van der Waals surface area contributed by atoms with Crippen LogP contribution in [0.25, 0.3) is 11.1 Å². The molecule has 0 unspecified atom stereocenters. The van der Waals surface area contributed by atoms with Gasteiger partial charge in [0, 0.05) is 44.7 Å². The summed E-state index contributed by atoms with van der Waals surface area (Å²) in [4.78, 5) is 30.0. The monoisotopic (exact) mass is 429 g/mol. The van der Waals surface area contributed by atoms with Crippen molar-refractivity contribution in [2.45, 2.75) is 19.5 Å². The highest BCUT2D eigenvalue weighted by Crippen LogP contribution is 2.32. The third-order valence-corrected chi connectivity index (χ3v) is 6.32. The van der Waals surface area contributed by atoms with Crippen LogP contribution in [0.3, 0.4) is 0 Å². The first kappa shape index (κ1) is 20.5. The summed E-state index contributed by atoms with van der Waals surface area (Å²) in [6.45, 7) is 4.42. The normalized spacial score (nSPS) is 18.8. The Morgan fingerprint density at radius 3 is 2.38 bits per heavy atom. The summed E-state index contributed by atoms with van der Waals surface area (Å²) >= 11 is 0. The number of nitrogens with zero attached hydrogens (tertiary/aromatic N) is 4. The van der Waals surface area contributed by atoms with Crippen molar-refractivity contribution in [3.63, 3.8) is 0 Å². The summed E-state index contributed by atoms with van der Waals surface area (Å²) in [7, 11) is 0. The Morgan fingerprint density at radius 1 is 0.969 bits per heavy atom. The van der Waals surface area contributed by atoms with E-state index in [9.17, 15) is 9.59 Å². The third kappa shape index (κ3) is 4.29. The van der Waals surface area contributed by atoms with E-state index in [1.54, 1.807) is 10.9 Å². The van der Waals surface area contributed by atoms with E-state index in [2.05, 4.69) is 39.6 Å². The molecule has 1 atom stereocenters. The van der Waals surface area contributed by atoms with E-state index in [1.165, 1.54) is 5.56 Å². The molecule has 164 valence electrons. The summed E-state index contributed by atoms with van der Waals surface area (Å²) in [6.07, 6.45) is 1.99. The van der Waals surface area contributed by atoms with E-state index in [0.29, 0.717) is 25.5 Å². The van der Waals surface area contributed by atoms with Gasteiger partial charge in [0.05, 0.1) is 18.7 Å². The number of rotatable bonds is 5. The van der Waals surface area contributed by atoms with Gasteiger partial charge in [-0.05, 0) is 11.1 Å². The van der Waals surface area contributed by atoms with Crippen molar-refractivity contribution in [3.8, 4) is 11.1 Å². The van der Waals surface area contributed by atoms with Crippen LogP contribution in [-0.2, 0) is 22.7 Å². The van der Waals surface area contributed by atoms with Gasteiger partial charge in [0.2, 0.25) is 11.8 Å². The number of anilines is 1. The van der Waals surface area contributed by atoms with E-state index in [-0.39, 0.29) is 18.2 Å². The number of carbonyl (C=O) groups is 2. The Balaban J connectivity index is 1.17. The Kier molecular flexibility index (Phi) is 5.73. The lowest BCUT2D eigenvalue weighted by atomic mass is 10.0. The van der Waals surface area contributed by atoms with Gasteiger partial charge in [-0.3, -0.25) is 14.5 Å². The highest BCUT2D eigenvalue weighted by Gasteiger charge is 2.32. The standard InChI is InChI=1S/C25H27N5O2/c31-23(29-13-11-28(12-14-29)17-19-7-3-1-4-8-19)15-21-18-30-24(27-25(21)32)22(16-26-30)20-9-5-2-6-10-20/h1-10,16,21H,11-15,17-18H2,(H,27,32)/t21-/m1/s1. The first-order valence-electron chi connectivity index (χ1n) is 11.1. The molecule has 3 heterocycles. The van der Waals surface area contributed by atoms with Gasteiger partial charge < -0.3 is 10.2 Å². The lowest BCUT2D eigenvalue weighted by Gasteiger charge is -2.35. The van der Waals surface area contributed by atoms with Gasteiger partial charge in [0.25, 0.3) is 0 Å². The number of benzene rings is 2. The highest BCUT2D eigenvalue weighted by molar-refractivity contribution is 5.98. The van der Waals surface area contributed by atoms with Crippen molar-refractivity contribution in [2.24, 2.45) is 5.92 Å². The SMILES string of the molecule is O=C1Nc2c(-c3ccccc3)cnn2C[C@H]1CC(=O)N1CCN(Cc2ccccc2)CC1. The summed E-state index contributed by atoms with van der Waals surface area (Å²) in [5, 5.41) is 7.44. The van der Waals surface area contributed by atoms with Crippen molar-refractivity contribution >= 4 is 17.6 Å². The highest BCUT2D eigenvalue weighted by atomic mass is 16.2. The number of fused-ring (bicyclic) bond motifs is 1. The molecule has 1 fully saturated rings. The molecular weight excluding hydrogens is 402 g/mol. The fourth-order valence-corrected chi connectivity index (χ4v) is 4.49. The molecule has 1 saturated heterocycles. The van der Waals surface area contributed by atoms with Crippen LogP contribution >= 0.6 is 0 Å². The predicted octanol–water partition coefficient (Wildman–Crippen LogP) is 2.85. The van der Waals surface area contributed by atoms with Crippen molar-refractivity contribution in [2.75, 3.05) is 31.5 Å². The minimum atomic E-state index is -0.402. The smallest absolute Gasteiger partial charge is 0.231 e. The average Bonchev–Trinajstić information content (AvgIpc) is 3.23. The van der Waals surface area contributed by atoms with Gasteiger partial charge in [0.15, 0.2) is 0 Å². The van der Waals surface area contributed by atoms with E-state index in [0.717, 1.165) is 30.8 Å². The number of amides is 2. The molecule has 0 bridgehead atoms. The summed E-state index contributed by atoms with van der Waals surface area (Å²) in [5.41, 5.74) is 3.20. The molecule has 2 amide bonds. The minimum absolute atomic E-state index is 0.0448. The van der Waals surface area contributed by atoms with Gasteiger partial charge >= 0.3 is 0 Å². The summed E-state index contributed by atoms with van der Waals surface area (Å²) in [5.74, 6) is 0.245. The van der Waals surface area contributed by atoms with Gasteiger partial charge in [-0.1, -0.05) is 60.7 Å². The Labute approximate surface area is 187 Å². The molecule has 0 aliphatic carbocycles. The first-order valence-corrected chi connectivity index (χ1v) is 11.1. The summed E-state index contributed by atoms with van der Waals surface area (Å²) in [6, 6.07) is 20.3. The molecule has 7 nitrogen and oxygen atoms in total. The Hall–Kier alpha value is -3.45. The molecule has 2 aliphatic rings. The zero-order valence-corrected chi connectivity index (χ0v) is 18.0. The number of aromatic nitrogens is 2. The number of hydrogen-bond donors (Lipinski definition) is 1. The fraction of sp³-hybridized carbons (Fsp3) is 0.320. The van der Waals surface area contributed by atoms with Gasteiger partial charge in [-0.25, -0.2) is 4.68 Å². The fourth-order valence-electron chi connectivity index (χ4n) is 4.49. The molecule has 2 aliphatic heterocycles. The number of nitrogens with one attached hydrogen (secondary N) is 1. The second-order valence-electron chi connectivity index (χ2n) is 8.49. The van der Waals surface area contributed by atoms with E-state index >= 15 is 0 Å². The zero-order valence-electron chi connectivity index (χ0n) is 18.0. The molecule has 1 aromatic heterocycles. The second-order valence-corrected chi connectivity index (χ2v) is 8.49. The average molecular weight is 430 g/mol. The topological polar surface area (TPSA) is 70.5 Å². The van der Waals surface area contributed by atoms with Gasteiger partial charge in [-0.15, -0.1) is 0 Å². The van der Waals surface area contributed by atoms with Gasteiger partial charge in [0.1, 0.15) is 5.82 Å². The molecule has 1 N–H and O–H groups in total. The molecule has 3 aromatic rings. The molecule has 0 radical (unpaired) electrons. The van der Waals surface area contributed by atoms with Crippen LogP contribution in [0.1, 0.15) is 12.0 Å². The Morgan fingerprint density at radius 2 is 1.66 bits per heavy atom. The largest absolute Gasteiger partial charge is 0.340 e. The lowest BCUT2D eigenvalue weighted by molar-refractivity contribution is -0.137. The van der Waals surface area contributed by atoms with Crippen molar-refractivity contribution in [1.82, 2.24) is 19.6 Å². The van der Waals surface area contributed by atoms with Crippen LogP contribution < -0.4 is 5.32 Å².